The van der Waals surface area contributed by atoms with Crippen LogP contribution in [0, 0.1) is 34.5 Å². The Labute approximate surface area is 440 Å². The molecule has 3 amide bonds. The van der Waals surface area contributed by atoms with Crippen molar-refractivity contribution in [3.63, 3.8) is 0 Å². The zero-order valence-corrected chi connectivity index (χ0v) is 45.4. The van der Waals surface area contributed by atoms with Crippen LogP contribution in [0.15, 0.2) is 86.0 Å². The molecule has 0 radical (unpaired) electrons. The van der Waals surface area contributed by atoms with E-state index in [2.05, 4.69) is 84.4 Å². The number of allylic oxidation sites excluding steroid dienone is 1. The molecule has 12 rings (SSSR count). The Bertz CT molecular complexity index is 2320. The first-order valence-corrected chi connectivity index (χ1v) is 27.4. The van der Waals surface area contributed by atoms with Crippen LogP contribution in [0.25, 0.3) is 0 Å². The highest BCUT2D eigenvalue weighted by Crippen LogP contribution is 2.67. The number of halogens is 1. The maximum absolute atomic E-state index is 13.2. The summed E-state index contributed by atoms with van der Waals surface area (Å²) in [6.45, 7) is 25.4. The molecule has 2 aromatic carbocycles. The van der Waals surface area contributed by atoms with Gasteiger partial charge < -0.3 is 43.6 Å². The lowest BCUT2D eigenvalue weighted by Crippen LogP contribution is -2.65. The zero-order chi connectivity index (χ0) is 52.6. The Morgan fingerprint density at radius 2 is 1.08 bits per heavy atom. The topological polar surface area (TPSA) is 151 Å². The molecular formula is C57H80B2ClN3O10. The van der Waals surface area contributed by atoms with Crippen LogP contribution in [0.5, 0.6) is 0 Å². The summed E-state index contributed by atoms with van der Waals surface area (Å²) in [6.07, 6.45) is 14.0. The van der Waals surface area contributed by atoms with Crippen LogP contribution in [0.4, 0.5) is 9.59 Å². The number of ether oxygens (including phenoxy) is 2. The molecule has 0 aromatic heterocycles. The maximum atomic E-state index is 13.2. The summed E-state index contributed by atoms with van der Waals surface area (Å²) in [4.78, 5) is 49.5. The van der Waals surface area contributed by atoms with Gasteiger partial charge in [0.2, 0.25) is 11.1 Å². The normalized spacial score (nSPS) is 33.4. The van der Waals surface area contributed by atoms with Crippen LogP contribution in [0.3, 0.4) is 0 Å². The third-order valence-corrected chi connectivity index (χ3v) is 18.8. The minimum atomic E-state index is -0.763. The van der Waals surface area contributed by atoms with Crippen LogP contribution < -0.4 is 10.6 Å². The highest BCUT2D eigenvalue weighted by Gasteiger charge is 2.70. The van der Waals surface area contributed by atoms with Gasteiger partial charge in [0.05, 0.1) is 41.8 Å². The molecule has 7 aliphatic carbocycles. The van der Waals surface area contributed by atoms with Crippen molar-refractivity contribution in [3.8, 4) is 0 Å². The lowest BCUT2D eigenvalue weighted by molar-refractivity contribution is -0.199. The van der Waals surface area contributed by atoms with Gasteiger partial charge in [0.1, 0.15) is 11.2 Å². The predicted octanol–water partition coefficient (Wildman–Crippen LogP) is 10.4. The van der Waals surface area contributed by atoms with E-state index in [1.54, 1.807) is 4.90 Å². The average Bonchev–Trinajstić information content (AvgIpc) is 3.91. The molecule has 2 aromatic rings. The van der Waals surface area contributed by atoms with Crippen LogP contribution >= 0.6 is 11.6 Å². The first-order valence-electron chi connectivity index (χ1n) is 27.0. The molecule has 396 valence electrons. The molecule has 2 N–H and O–H groups in total. The molecule has 73 heavy (non-hydrogen) atoms. The van der Waals surface area contributed by atoms with Gasteiger partial charge in [-0.25, -0.2) is 9.59 Å². The van der Waals surface area contributed by atoms with E-state index >= 15 is 0 Å². The predicted molar refractivity (Wildman–Crippen MR) is 284 cm³/mol. The van der Waals surface area contributed by atoms with Crippen molar-refractivity contribution < 1.29 is 47.3 Å². The van der Waals surface area contributed by atoms with E-state index in [1.165, 1.54) is 25.3 Å². The van der Waals surface area contributed by atoms with Crippen molar-refractivity contribution in [1.82, 2.24) is 15.5 Å². The van der Waals surface area contributed by atoms with Gasteiger partial charge >= 0.3 is 26.4 Å². The molecule has 10 aliphatic rings. The Hall–Kier alpha value is -4.14. The Morgan fingerprint density at radius 3 is 1.49 bits per heavy atom. The number of nitrogens with one attached hydrogen (secondary N) is 2. The molecule has 13 nitrogen and oxygen atoms in total. The van der Waals surface area contributed by atoms with E-state index < -0.39 is 37.1 Å². The number of piperidine rings is 1. The molecule has 10 fully saturated rings. The minimum Gasteiger partial charge on any atom is -0.443 e. The number of alkyl carbamates (subject to hydrolysis) is 2. The highest BCUT2D eigenvalue weighted by molar-refractivity contribution is 6.66. The first-order chi connectivity index (χ1) is 34.5. The second-order valence-corrected chi connectivity index (χ2v) is 24.7. The summed E-state index contributed by atoms with van der Waals surface area (Å²) >= 11 is 4.71. The van der Waals surface area contributed by atoms with Crippen LogP contribution in [0.2, 0.25) is 0 Å². The Balaban J connectivity index is 0.000000179. The first kappa shape index (κ1) is 55.1. The third-order valence-electron chi connectivity index (χ3n) is 18.7. The van der Waals surface area contributed by atoms with Crippen molar-refractivity contribution in [2.45, 2.75) is 185 Å². The monoisotopic (exact) mass is 1020 g/mol. The molecule has 4 bridgehead atoms. The van der Waals surface area contributed by atoms with Gasteiger partial charge in [0.15, 0.2) is 0 Å². The number of nitrogens with zero attached hydrogens (tertiary/aromatic N) is 1. The molecule has 0 spiro atoms. The standard InChI is InChI=1S/C28H39BN2O5.C26H38BNO4.C3H3ClO/c1-6-24(32)31-14-10-13-27(4,18-31)34-25(33)30-23(15-19-11-8-7-9-12-19)29-35-22-17-20-16-21(26(20,2)3)28(22,5)36-29;1-24(2)19-16-20(24)26(4)21(17-19)31-27(32-26)22(15-18-11-7-5-8-12-18)28-23(29)30-25(3)13-9-6-10-14-25;1-2-3(4)5/h6-9,11-12,20-23H,1,10,13-18H2,2-5H3,(H,30,33);5,7-8,11-12,19-22H,6,9-10,13-17H2,1-4H3,(H,28,29);2H,1H2/t20-,21-,22+,23-,27?,28-;19-,20-,21+,22-,26-;/m00./s1. The molecule has 11 atom stereocenters. The summed E-state index contributed by atoms with van der Waals surface area (Å²) in [5, 5.41) is 5.71. The quantitative estimate of drug-likeness (QED) is 0.119. The van der Waals surface area contributed by atoms with Gasteiger partial charge in [-0.2, -0.15) is 0 Å². The lowest BCUT2D eigenvalue weighted by Gasteiger charge is -2.64. The fourth-order valence-electron chi connectivity index (χ4n) is 14.1. The van der Waals surface area contributed by atoms with E-state index in [-0.39, 0.29) is 52.4 Å². The Kier molecular flexibility index (Phi) is 16.5. The smallest absolute Gasteiger partial charge is 0.443 e. The zero-order valence-electron chi connectivity index (χ0n) is 44.6. The van der Waals surface area contributed by atoms with E-state index in [4.69, 9.17) is 39.7 Å². The summed E-state index contributed by atoms with van der Waals surface area (Å²) < 4.78 is 38.3. The molecule has 3 saturated heterocycles. The third kappa shape index (κ3) is 11.8. The number of benzene rings is 2. The van der Waals surface area contributed by atoms with Crippen LogP contribution in [0.1, 0.15) is 137 Å². The average molecular weight is 1020 g/mol. The fourth-order valence-corrected chi connectivity index (χ4v) is 14.1. The van der Waals surface area contributed by atoms with E-state index in [9.17, 15) is 19.2 Å². The SMILES string of the molecule is C=CC(=O)Cl.C=CC(=O)N1CCCC(C)(OC(=O)N[C@@H](Cc2ccccc2)B2O[C@@H]3C[C@@H]4C[C@@H](C4(C)C)[C@]3(C)O2)C1.CC1(OC(=O)N[C@@H](Cc2ccccc2)B2O[C@@H]3C[C@@H]4C[C@@H](C4(C)C)[C@]3(C)O2)CCCCC1. The fraction of sp³-hybridized carbons (Fsp3) is 0.649. The summed E-state index contributed by atoms with van der Waals surface area (Å²) in [5.74, 6) is 1.45. The number of carbonyl (C=O) groups excluding carboxylic acids is 4. The Morgan fingerprint density at radius 1 is 0.658 bits per heavy atom. The maximum Gasteiger partial charge on any atom is 0.482 e. The van der Waals surface area contributed by atoms with E-state index in [0.717, 1.165) is 62.1 Å². The largest absolute Gasteiger partial charge is 0.482 e. The summed E-state index contributed by atoms with van der Waals surface area (Å²) in [7, 11) is -1.02. The van der Waals surface area contributed by atoms with Gasteiger partial charge in [0, 0.05) is 6.54 Å². The van der Waals surface area contributed by atoms with Crippen molar-refractivity contribution >= 4 is 49.2 Å². The molecule has 3 aliphatic heterocycles. The van der Waals surface area contributed by atoms with Gasteiger partial charge in [0.25, 0.3) is 0 Å². The van der Waals surface area contributed by atoms with Crippen LogP contribution in [-0.4, -0.2) is 102 Å². The molecular weight excluding hydrogens is 944 g/mol. The summed E-state index contributed by atoms with van der Waals surface area (Å²) in [6, 6.07) is 20.3. The van der Waals surface area contributed by atoms with Crippen molar-refractivity contribution in [2.24, 2.45) is 34.5 Å². The number of rotatable bonds is 12. The number of hydrogen-bond donors (Lipinski definition) is 2. The van der Waals surface area contributed by atoms with Gasteiger partial charge in [-0.05, 0) is 174 Å². The van der Waals surface area contributed by atoms with Gasteiger partial charge in [-0.15, -0.1) is 0 Å². The highest BCUT2D eigenvalue weighted by atomic mass is 35.5. The number of amides is 3. The van der Waals surface area contributed by atoms with Crippen molar-refractivity contribution in [1.29, 1.82) is 0 Å². The van der Waals surface area contributed by atoms with Gasteiger partial charge in [-0.3, -0.25) is 9.59 Å². The second-order valence-electron chi connectivity index (χ2n) is 24.4. The van der Waals surface area contributed by atoms with Gasteiger partial charge in [-0.1, -0.05) is 108 Å². The molecule has 1 unspecified atom stereocenters. The minimum absolute atomic E-state index is 0.0321. The number of likely N-dealkylation sites (tertiary alicyclic amines) is 1. The van der Waals surface area contributed by atoms with Crippen LogP contribution in [-0.2, 0) is 50.5 Å². The van der Waals surface area contributed by atoms with Crippen molar-refractivity contribution in [2.75, 3.05) is 13.1 Å². The molecule has 16 heteroatoms. The molecule has 7 saturated carbocycles. The second kappa shape index (κ2) is 21.8. The van der Waals surface area contributed by atoms with E-state index in [0.29, 0.717) is 61.4 Å². The summed E-state index contributed by atoms with van der Waals surface area (Å²) in [5.41, 5.74) is 0.992. The van der Waals surface area contributed by atoms with Crippen molar-refractivity contribution in [3.05, 3.63) is 97.1 Å². The number of carbonyl (C=O) groups is 4. The van der Waals surface area contributed by atoms with E-state index in [1.807, 2.05) is 55.5 Å². The molecule has 3 heterocycles. The lowest BCUT2D eigenvalue weighted by atomic mass is 9.43. The number of hydrogen-bond acceptors (Lipinski definition) is 10.